The zero-order valence-corrected chi connectivity index (χ0v) is 28.2. The molecule has 0 atom stereocenters. The Balaban J connectivity index is 1.27. The monoisotopic (exact) mass is 674 g/mol. The quantitative estimate of drug-likeness (QED) is 0.183. The average molecular weight is 675 g/mol. The van der Waals surface area contributed by atoms with E-state index in [0.29, 0.717) is 11.5 Å². The SMILES string of the molecule is c1ccc2cc(-c3nc(-n4c5ccccc5c5c6c7c8ccccc8ccc7n7c8ccccc8c(cc54)c67)c4c(n3)oc3ccccc34)ccc2c1. The molecule has 0 amide bonds. The van der Waals surface area contributed by atoms with Gasteiger partial charge in [-0.2, -0.15) is 4.98 Å². The number of benzene rings is 8. The molecule has 0 aliphatic carbocycles. The fourth-order valence-electron chi connectivity index (χ4n) is 9.23. The van der Waals surface area contributed by atoms with Crippen LogP contribution in [0.1, 0.15) is 0 Å². The minimum atomic E-state index is 0.573. The zero-order valence-electron chi connectivity index (χ0n) is 28.2. The van der Waals surface area contributed by atoms with E-state index >= 15 is 0 Å². The molecule has 0 N–H and O–H groups in total. The van der Waals surface area contributed by atoms with Crippen LogP contribution in [0, 0.1) is 0 Å². The third kappa shape index (κ3) is 3.46. The van der Waals surface area contributed by atoms with Crippen molar-refractivity contribution in [1.82, 2.24) is 18.9 Å². The van der Waals surface area contributed by atoms with Crippen LogP contribution >= 0.6 is 0 Å². The van der Waals surface area contributed by atoms with Crippen molar-refractivity contribution in [2.45, 2.75) is 0 Å². The average Bonchev–Trinajstić information content (AvgIpc) is 3.95. The van der Waals surface area contributed by atoms with Gasteiger partial charge < -0.3 is 8.82 Å². The highest BCUT2D eigenvalue weighted by Gasteiger charge is 2.27. The number of fused-ring (bicyclic) bond motifs is 16. The van der Waals surface area contributed by atoms with Gasteiger partial charge in [-0.3, -0.25) is 4.57 Å². The van der Waals surface area contributed by atoms with Crippen molar-refractivity contribution in [1.29, 1.82) is 0 Å². The highest BCUT2D eigenvalue weighted by Crippen LogP contribution is 2.49. The fourth-order valence-corrected chi connectivity index (χ4v) is 9.23. The maximum atomic E-state index is 6.56. The molecule has 0 bridgehead atoms. The van der Waals surface area contributed by atoms with E-state index in [9.17, 15) is 0 Å². The first-order chi connectivity index (χ1) is 26.3. The second-order valence-corrected chi connectivity index (χ2v) is 14.1. The largest absolute Gasteiger partial charge is 0.437 e. The van der Waals surface area contributed by atoms with Gasteiger partial charge in [0, 0.05) is 43.3 Å². The molecule has 13 rings (SSSR count). The van der Waals surface area contributed by atoms with Crippen molar-refractivity contribution in [3.05, 3.63) is 158 Å². The van der Waals surface area contributed by atoms with Crippen LogP contribution in [0.15, 0.2) is 162 Å². The van der Waals surface area contributed by atoms with Crippen LogP contribution in [0.25, 0.3) is 121 Å². The lowest BCUT2D eigenvalue weighted by molar-refractivity contribution is 0.653. The number of rotatable bonds is 2. The Morgan fingerprint density at radius 1 is 0.415 bits per heavy atom. The molecule has 0 fully saturated rings. The molecule has 0 saturated carbocycles. The first-order valence-corrected chi connectivity index (χ1v) is 18.0. The molecule has 5 heteroatoms. The lowest BCUT2D eigenvalue weighted by Crippen LogP contribution is -2.02. The van der Waals surface area contributed by atoms with Crippen molar-refractivity contribution in [3.63, 3.8) is 0 Å². The Labute approximate surface area is 300 Å². The van der Waals surface area contributed by atoms with Crippen molar-refractivity contribution < 1.29 is 4.42 Å². The summed E-state index contributed by atoms with van der Waals surface area (Å²) in [4.78, 5) is 10.6. The minimum Gasteiger partial charge on any atom is -0.437 e. The van der Waals surface area contributed by atoms with Crippen LogP contribution in [-0.2, 0) is 0 Å². The lowest BCUT2D eigenvalue weighted by atomic mass is 9.98. The number of para-hydroxylation sites is 3. The summed E-state index contributed by atoms with van der Waals surface area (Å²) >= 11 is 0. The maximum Gasteiger partial charge on any atom is 0.233 e. The first-order valence-electron chi connectivity index (χ1n) is 18.0. The molecule has 0 aliphatic heterocycles. The summed E-state index contributed by atoms with van der Waals surface area (Å²) in [7, 11) is 0. The summed E-state index contributed by atoms with van der Waals surface area (Å²) in [6.07, 6.45) is 0. The molecule has 5 heterocycles. The van der Waals surface area contributed by atoms with Crippen LogP contribution in [0.4, 0.5) is 0 Å². The van der Waals surface area contributed by atoms with E-state index in [-0.39, 0.29) is 0 Å². The zero-order chi connectivity index (χ0) is 34.4. The van der Waals surface area contributed by atoms with Gasteiger partial charge in [0.1, 0.15) is 5.58 Å². The highest BCUT2D eigenvalue weighted by atomic mass is 16.3. The number of hydrogen-bond acceptors (Lipinski definition) is 3. The molecule has 13 aromatic rings. The Hall–Kier alpha value is -7.24. The van der Waals surface area contributed by atoms with Gasteiger partial charge in [0.2, 0.25) is 5.71 Å². The Bertz CT molecular complexity index is 3700. The molecule has 0 saturated heterocycles. The summed E-state index contributed by atoms with van der Waals surface area (Å²) in [5.41, 5.74) is 8.19. The molecule has 0 unspecified atom stereocenters. The van der Waals surface area contributed by atoms with E-state index in [0.717, 1.165) is 44.2 Å². The Morgan fingerprint density at radius 2 is 1.09 bits per heavy atom. The predicted molar refractivity (Wildman–Crippen MR) is 219 cm³/mol. The van der Waals surface area contributed by atoms with E-state index < -0.39 is 0 Å². The van der Waals surface area contributed by atoms with Crippen molar-refractivity contribution in [2.24, 2.45) is 0 Å². The second-order valence-electron chi connectivity index (χ2n) is 14.1. The summed E-state index contributed by atoms with van der Waals surface area (Å²) in [6, 6.07) is 56.4. The lowest BCUT2D eigenvalue weighted by Gasteiger charge is -2.11. The Kier molecular flexibility index (Phi) is 5.06. The third-order valence-electron chi connectivity index (χ3n) is 11.4. The van der Waals surface area contributed by atoms with Crippen LogP contribution in [0.5, 0.6) is 0 Å². The highest BCUT2D eigenvalue weighted by molar-refractivity contribution is 6.39. The minimum absolute atomic E-state index is 0.573. The number of nitrogens with zero attached hydrogens (tertiary/aromatic N) is 4. The van der Waals surface area contributed by atoms with E-state index in [1.807, 2.05) is 12.1 Å². The van der Waals surface area contributed by atoms with Gasteiger partial charge in [0.15, 0.2) is 11.6 Å². The Morgan fingerprint density at radius 3 is 1.98 bits per heavy atom. The smallest absolute Gasteiger partial charge is 0.233 e. The van der Waals surface area contributed by atoms with Crippen LogP contribution in [0.2, 0.25) is 0 Å². The van der Waals surface area contributed by atoms with Gasteiger partial charge in [0.25, 0.3) is 0 Å². The van der Waals surface area contributed by atoms with Crippen LogP contribution in [-0.4, -0.2) is 18.9 Å². The predicted octanol–water partition coefficient (Wildman–Crippen LogP) is 12.6. The molecule has 244 valence electrons. The van der Waals surface area contributed by atoms with Gasteiger partial charge >= 0.3 is 0 Å². The van der Waals surface area contributed by atoms with Gasteiger partial charge in [-0.25, -0.2) is 4.98 Å². The second kappa shape index (κ2) is 9.75. The molecular formula is C48H26N4O. The topological polar surface area (TPSA) is 48.3 Å². The fraction of sp³-hybridized carbons (Fsp3) is 0. The standard InChI is InChI=1S/C48H26N4O/c1-2-13-29-25-30(22-21-27(29)11-1)46-49-47(43-34-17-7-10-20-40(34)53-48(43)50-46)52-37-19-9-6-16-33(37)42-39(52)26-35-32-15-5-8-18-36(32)51-38-24-23-28-12-3-4-14-31(28)41(38)44(42)45(35)51/h1-26H. The third-order valence-corrected chi connectivity index (χ3v) is 11.4. The molecular weight excluding hydrogens is 649 g/mol. The molecule has 53 heavy (non-hydrogen) atoms. The van der Waals surface area contributed by atoms with Gasteiger partial charge in [-0.1, -0.05) is 121 Å². The number of aromatic nitrogens is 4. The molecule has 0 radical (unpaired) electrons. The van der Waals surface area contributed by atoms with E-state index in [1.165, 1.54) is 65.0 Å². The van der Waals surface area contributed by atoms with Crippen LogP contribution < -0.4 is 0 Å². The van der Waals surface area contributed by atoms with Crippen molar-refractivity contribution in [3.8, 4) is 17.2 Å². The molecule has 0 aliphatic rings. The van der Waals surface area contributed by atoms with Crippen LogP contribution in [0.3, 0.4) is 0 Å². The van der Waals surface area contributed by atoms with E-state index in [2.05, 4.69) is 155 Å². The van der Waals surface area contributed by atoms with Crippen molar-refractivity contribution in [2.75, 3.05) is 0 Å². The van der Waals surface area contributed by atoms with Gasteiger partial charge in [-0.15, -0.1) is 0 Å². The van der Waals surface area contributed by atoms with E-state index in [1.54, 1.807) is 0 Å². The van der Waals surface area contributed by atoms with E-state index in [4.69, 9.17) is 14.4 Å². The van der Waals surface area contributed by atoms with Gasteiger partial charge in [-0.05, 0) is 57.9 Å². The molecule has 5 nitrogen and oxygen atoms in total. The molecule has 5 aromatic heterocycles. The summed E-state index contributed by atoms with van der Waals surface area (Å²) in [6.45, 7) is 0. The maximum absolute atomic E-state index is 6.56. The normalized spacial score (nSPS) is 12.5. The summed E-state index contributed by atoms with van der Waals surface area (Å²) < 4.78 is 11.4. The number of furan rings is 1. The van der Waals surface area contributed by atoms with Crippen molar-refractivity contribution >= 4 is 104 Å². The summed E-state index contributed by atoms with van der Waals surface area (Å²) in [5.74, 6) is 1.43. The first kappa shape index (κ1) is 27.5. The number of hydrogen-bond donors (Lipinski definition) is 0. The van der Waals surface area contributed by atoms with Gasteiger partial charge in [0.05, 0.1) is 33.0 Å². The molecule has 0 spiro atoms. The summed E-state index contributed by atoms with van der Waals surface area (Å²) in [5, 5.41) is 14.1. The molecule has 8 aromatic carbocycles.